The number of phenols is 1. The standard InChI is InChI=1S/C17H21NO/c1-3-14-6-5-7-15(4-2)17(14)18-12-13-8-10-16(19)11-9-13/h5-11,18-19H,3-4,12H2,1-2H3. The summed E-state index contributed by atoms with van der Waals surface area (Å²) in [6, 6.07) is 13.8. The monoisotopic (exact) mass is 255 g/mol. The summed E-state index contributed by atoms with van der Waals surface area (Å²) >= 11 is 0. The highest BCUT2D eigenvalue weighted by atomic mass is 16.3. The van der Waals surface area contributed by atoms with Crippen LogP contribution in [0.4, 0.5) is 5.69 Å². The van der Waals surface area contributed by atoms with E-state index in [1.165, 1.54) is 22.4 Å². The summed E-state index contributed by atoms with van der Waals surface area (Å²) in [7, 11) is 0. The number of anilines is 1. The van der Waals surface area contributed by atoms with Crippen LogP contribution in [0.5, 0.6) is 5.75 Å². The molecular formula is C17H21NO. The lowest BCUT2D eigenvalue weighted by Gasteiger charge is -2.15. The smallest absolute Gasteiger partial charge is 0.115 e. The Labute approximate surface area is 115 Å². The molecule has 2 heteroatoms. The maximum atomic E-state index is 9.29. The van der Waals surface area contributed by atoms with Crippen molar-refractivity contribution < 1.29 is 5.11 Å². The molecule has 0 atom stereocenters. The average Bonchev–Trinajstić information content (AvgIpc) is 2.46. The van der Waals surface area contributed by atoms with Gasteiger partial charge in [0.1, 0.15) is 5.75 Å². The van der Waals surface area contributed by atoms with Gasteiger partial charge in [0.2, 0.25) is 0 Å². The minimum absolute atomic E-state index is 0.312. The van der Waals surface area contributed by atoms with Crippen LogP contribution in [0.15, 0.2) is 42.5 Å². The third-order valence-electron chi connectivity index (χ3n) is 3.40. The minimum Gasteiger partial charge on any atom is -0.508 e. The number of hydrogen-bond donors (Lipinski definition) is 2. The number of rotatable bonds is 5. The quantitative estimate of drug-likeness (QED) is 0.842. The molecule has 19 heavy (non-hydrogen) atoms. The van der Waals surface area contributed by atoms with Crippen molar-refractivity contribution in [2.45, 2.75) is 33.2 Å². The Morgan fingerprint density at radius 3 is 2.00 bits per heavy atom. The molecule has 0 radical (unpaired) electrons. The van der Waals surface area contributed by atoms with Gasteiger partial charge in [0.25, 0.3) is 0 Å². The number of aromatic hydroxyl groups is 1. The van der Waals surface area contributed by atoms with Gasteiger partial charge < -0.3 is 10.4 Å². The number of hydrogen-bond acceptors (Lipinski definition) is 2. The molecule has 0 fully saturated rings. The molecule has 100 valence electrons. The van der Waals surface area contributed by atoms with Crippen molar-refractivity contribution in [2.24, 2.45) is 0 Å². The molecule has 0 aliphatic carbocycles. The molecular weight excluding hydrogens is 234 g/mol. The zero-order valence-electron chi connectivity index (χ0n) is 11.6. The van der Waals surface area contributed by atoms with Crippen LogP contribution in [-0.4, -0.2) is 5.11 Å². The summed E-state index contributed by atoms with van der Waals surface area (Å²) < 4.78 is 0. The summed E-state index contributed by atoms with van der Waals surface area (Å²) in [6.45, 7) is 5.14. The van der Waals surface area contributed by atoms with Crippen LogP contribution in [0.25, 0.3) is 0 Å². The van der Waals surface area contributed by atoms with Crippen LogP contribution in [0.1, 0.15) is 30.5 Å². The van der Waals surface area contributed by atoms with Gasteiger partial charge in [-0.15, -0.1) is 0 Å². The second-order valence-electron chi connectivity index (χ2n) is 4.68. The molecule has 2 N–H and O–H groups in total. The lowest BCUT2D eigenvalue weighted by molar-refractivity contribution is 0.475. The number of nitrogens with one attached hydrogen (secondary N) is 1. The molecule has 0 aromatic heterocycles. The molecule has 0 saturated carbocycles. The first-order chi connectivity index (χ1) is 9.24. The van der Waals surface area contributed by atoms with Crippen molar-refractivity contribution in [1.82, 2.24) is 0 Å². The molecule has 2 rings (SSSR count). The van der Waals surface area contributed by atoms with Gasteiger partial charge in [0.15, 0.2) is 0 Å². The van der Waals surface area contributed by atoms with Gasteiger partial charge in [-0.05, 0) is 41.7 Å². The normalized spacial score (nSPS) is 10.4. The fourth-order valence-corrected chi connectivity index (χ4v) is 2.27. The highest BCUT2D eigenvalue weighted by molar-refractivity contribution is 5.58. The van der Waals surface area contributed by atoms with Crippen molar-refractivity contribution in [3.63, 3.8) is 0 Å². The number of benzene rings is 2. The maximum Gasteiger partial charge on any atom is 0.115 e. The number of para-hydroxylation sites is 1. The zero-order chi connectivity index (χ0) is 13.7. The summed E-state index contributed by atoms with van der Waals surface area (Å²) in [5, 5.41) is 12.8. The van der Waals surface area contributed by atoms with Gasteiger partial charge in [-0.1, -0.05) is 44.2 Å². The van der Waals surface area contributed by atoms with Crippen LogP contribution in [0, 0.1) is 0 Å². The summed E-state index contributed by atoms with van der Waals surface area (Å²) in [5.41, 5.74) is 5.16. The van der Waals surface area contributed by atoms with Crippen LogP contribution >= 0.6 is 0 Å². The Hall–Kier alpha value is -1.96. The molecule has 0 amide bonds. The van der Waals surface area contributed by atoms with Gasteiger partial charge in [0.05, 0.1) is 0 Å². The van der Waals surface area contributed by atoms with Gasteiger partial charge in [-0.25, -0.2) is 0 Å². The van der Waals surface area contributed by atoms with Crippen LogP contribution in [-0.2, 0) is 19.4 Å². The molecule has 0 spiro atoms. The largest absolute Gasteiger partial charge is 0.508 e. The van der Waals surface area contributed by atoms with E-state index in [4.69, 9.17) is 0 Å². The Morgan fingerprint density at radius 1 is 0.895 bits per heavy atom. The van der Waals surface area contributed by atoms with E-state index in [9.17, 15) is 5.11 Å². The van der Waals surface area contributed by atoms with Gasteiger partial charge in [-0.2, -0.15) is 0 Å². The highest BCUT2D eigenvalue weighted by Gasteiger charge is 2.05. The molecule has 0 aliphatic rings. The molecule has 0 unspecified atom stereocenters. The second kappa shape index (κ2) is 6.28. The fraction of sp³-hybridized carbons (Fsp3) is 0.294. The van der Waals surface area contributed by atoms with Crippen LogP contribution in [0.3, 0.4) is 0 Å². The zero-order valence-corrected chi connectivity index (χ0v) is 11.6. The molecule has 2 aromatic rings. The molecule has 2 aromatic carbocycles. The van der Waals surface area contributed by atoms with Crippen LogP contribution in [0.2, 0.25) is 0 Å². The third kappa shape index (κ3) is 3.28. The Kier molecular flexibility index (Phi) is 4.45. The molecule has 2 nitrogen and oxygen atoms in total. The molecule has 0 heterocycles. The average molecular weight is 255 g/mol. The van der Waals surface area contributed by atoms with E-state index in [1.54, 1.807) is 12.1 Å². The lowest BCUT2D eigenvalue weighted by atomic mass is 10.0. The maximum absolute atomic E-state index is 9.29. The fourth-order valence-electron chi connectivity index (χ4n) is 2.27. The Bertz CT molecular complexity index is 509. The Balaban J connectivity index is 2.16. The molecule has 0 aliphatic heterocycles. The van der Waals surface area contributed by atoms with E-state index in [0.29, 0.717) is 5.75 Å². The van der Waals surface area contributed by atoms with Gasteiger partial charge in [-0.3, -0.25) is 0 Å². The SMILES string of the molecule is CCc1cccc(CC)c1NCc1ccc(O)cc1. The predicted octanol–water partition coefficient (Wildman–Crippen LogP) is 4.13. The van der Waals surface area contributed by atoms with Gasteiger partial charge >= 0.3 is 0 Å². The highest BCUT2D eigenvalue weighted by Crippen LogP contribution is 2.23. The summed E-state index contributed by atoms with van der Waals surface area (Å²) in [5.74, 6) is 0.312. The molecule has 0 saturated heterocycles. The lowest BCUT2D eigenvalue weighted by Crippen LogP contribution is -2.05. The summed E-state index contributed by atoms with van der Waals surface area (Å²) in [4.78, 5) is 0. The van der Waals surface area contributed by atoms with Crippen molar-refractivity contribution in [1.29, 1.82) is 0 Å². The summed E-state index contributed by atoms with van der Waals surface area (Å²) in [6.07, 6.45) is 2.07. The van der Waals surface area contributed by atoms with Crippen molar-refractivity contribution in [3.8, 4) is 5.75 Å². The number of aryl methyl sites for hydroxylation is 2. The second-order valence-corrected chi connectivity index (χ2v) is 4.68. The van der Waals surface area contributed by atoms with E-state index < -0.39 is 0 Å². The first-order valence-electron chi connectivity index (χ1n) is 6.87. The van der Waals surface area contributed by atoms with E-state index in [-0.39, 0.29) is 0 Å². The first-order valence-corrected chi connectivity index (χ1v) is 6.87. The predicted molar refractivity (Wildman–Crippen MR) is 80.6 cm³/mol. The number of phenolic OH excluding ortho intramolecular Hbond substituents is 1. The third-order valence-corrected chi connectivity index (χ3v) is 3.40. The van der Waals surface area contributed by atoms with Gasteiger partial charge in [0, 0.05) is 12.2 Å². The van der Waals surface area contributed by atoms with E-state index >= 15 is 0 Å². The van der Waals surface area contributed by atoms with E-state index in [0.717, 1.165) is 19.4 Å². The first kappa shape index (κ1) is 13.5. The van der Waals surface area contributed by atoms with Crippen molar-refractivity contribution in [2.75, 3.05) is 5.32 Å². The van der Waals surface area contributed by atoms with E-state index in [2.05, 4.69) is 37.4 Å². The Morgan fingerprint density at radius 2 is 1.47 bits per heavy atom. The van der Waals surface area contributed by atoms with Crippen LogP contribution < -0.4 is 5.32 Å². The van der Waals surface area contributed by atoms with E-state index in [1.807, 2.05) is 12.1 Å². The molecule has 0 bridgehead atoms. The van der Waals surface area contributed by atoms with Crippen molar-refractivity contribution in [3.05, 3.63) is 59.2 Å². The van der Waals surface area contributed by atoms with Crippen molar-refractivity contribution >= 4 is 5.69 Å². The minimum atomic E-state index is 0.312. The topological polar surface area (TPSA) is 32.3 Å².